The molecular formula is C17H26F2N2. The van der Waals surface area contributed by atoms with E-state index in [0.29, 0.717) is 23.1 Å². The third kappa shape index (κ3) is 4.01. The second-order valence-electron chi connectivity index (χ2n) is 6.50. The minimum atomic E-state index is -0.341. The molecule has 4 heteroatoms. The fourth-order valence-electron chi connectivity index (χ4n) is 2.95. The Morgan fingerprint density at radius 1 is 1.24 bits per heavy atom. The Hall–Kier alpha value is -1.00. The lowest BCUT2D eigenvalue weighted by molar-refractivity contribution is 0.263. The lowest BCUT2D eigenvalue weighted by Gasteiger charge is -2.21. The SMILES string of the molecule is Cc1cc(F)c(C(C)NCC2CCN(C(C)C)C2)cc1F. The van der Waals surface area contributed by atoms with Crippen molar-refractivity contribution >= 4 is 0 Å². The van der Waals surface area contributed by atoms with Gasteiger partial charge in [-0.2, -0.15) is 0 Å². The summed E-state index contributed by atoms with van der Waals surface area (Å²) in [5, 5.41) is 3.35. The van der Waals surface area contributed by atoms with Crippen LogP contribution in [0.4, 0.5) is 8.78 Å². The van der Waals surface area contributed by atoms with Crippen molar-refractivity contribution in [1.29, 1.82) is 0 Å². The highest BCUT2D eigenvalue weighted by Gasteiger charge is 2.24. The van der Waals surface area contributed by atoms with Gasteiger partial charge in [-0.05, 0) is 70.8 Å². The molecule has 1 fully saturated rings. The van der Waals surface area contributed by atoms with E-state index in [4.69, 9.17) is 0 Å². The van der Waals surface area contributed by atoms with E-state index in [1.807, 2.05) is 6.92 Å². The maximum atomic E-state index is 13.9. The Bertz CT molecular complexity index is 488. The van der Waals surface area contributed by atoms with E-state index >= 15 is 0 Å². The summed E-state index contributed by atoms with van der Waals surface area (Å²) < 4.78 is 27.5. The number of rotatable bonds is 5. The molecular weight excluding hydrogens is 270 g/mol. The minimum absolute atomic E-state index is 0.173. The van der Waals surface area contributed by atoms with Crippen LogP contribution < -0.4 is 5.32 Å². The van der Waals surface area contributed by atoms with Gasteiger partial charge in [0.25, 0.3) is 0 Å². The summed E-state index contributed by atoms with van der Waals surface area (Å²) >= 11 is 0. The largest absolute Gasteiger partial charge is 0.310 e. The number of hydrogen-bond acceptors (Lipinski definition) is 2. The lowest BCUT2D eigenvalue weighted by Crippen LogP contribution is -2.31. The summed E-state index contributed by atoms with van der Waals surface area (Å²) in [4.78, 5) is 2.46. The molecule has 2 unspecified atom stereocenters. The van der Waals surface area contributed by atoms with E-state index in [1.165, 1.54) is 18.6 Å². The normalized spacial score (nSPS) is 21.2. The maximum absolute atomic E-state index is 13.9. The van der Waals surface area contributed by atoms with Crippen LogP contribution >= 0.6 is 0 Å². The van der Waals surface area contributed by atoms with Gasteiger partial charge in [0.05, 0.1) is 0 Å². The van der Waals surface area contributed by atoms with Crippen LogP contribution in [-0.2, 0) is 0 Å². The molecule has 21 heavy (non-hydrogen) atoms. The Morgan fingerprint density at radius 2 is 1.95 bits per heavy atom. The third-order valence-corrected chi connectivity index (χ3v) is 4.50. The Balaban J connectivity index is 1.91. The van der Waals surface area contributed by atoms with Gasteiger partial charge in [-0.1, -0.05) is 0 Å². The first-order valence-corrected chi connectivity index (χ1v) is 7.81. The zero-order valence-electron chi connectivity index (χ0n) is 13.4. The number of benzene rings is 1. The lowest BCUT2D eigenvalue weighted by atomic mass is 10.0. The number of halogens is 2. The summed E-state index contributed by atoms with van der Waals surface area (Å²) in [6.07, 6.45) is 1.17. The van der Waals surface area contributed by atoms with E-state index in [9.17, 15) is 8.78 Å². The van der Waals surface area contributed by atoms with Crippen LogP contribution in [0, 0.1) is 24.5 Å². The van der Waals surface area contributed by atoms with Crippen molar-refractivity contribution in [2.75, 3.05) is 19.6 Å². The summed E-state index contributed by atoms with van der Waals surface area (Å²) in [6, 6.07) is 3.00. The fraction of sp³-hybridized carbons (Fsp3) is 0.647. The molecule has 0 aliphatic carbocycles. The predicted molar refractivity (Wildman–Crippen MR) is 82.3 cm³/mol. The van der Waals surface area contributed by atoms with E-state index in [-0.39, 0.29) is 17.7 Å². The molecule has 1 aliphatic rings. The van der Waals surface area contributed by atoms with Gasteiger partial charge in [0.15, 0.2) is 0 Å². The minimum Gasteiger partial charge on any atom is -0.310 e. The van der Waals surface area contributed by atoms with Crippen LogP contribution in [-0.4, -0.2) is 30.6 Å². The molecule has 0 spiro atoms. The molecule has 2 atom stereocenters. The van der Waals surface area contributed by atoms with Crippen LogP contribution in [0.5, 0.6) is 0 Å². The topological polar surface area (TPSA) is 15.3 Å². The Kier molecular flexibility index (Phi) is 5.33. The zero-order chi connectivity index (χ0) is 15.6. The molecule has 0 saturated carbocycles. The zero-order valence-corrected chi connectivity index (χ0v) is 13.4. The number of aryl methyl sites for hydroxylation is 1. The number of nitrogens with one attached hydrogen (secondary N) is 1. The second-order valence-corrected chi connectivity index (χ2v) is 6.50. The molecule has 1 aromatic carbocycles. The van der Waals surface area contributed by atoms with Crippen molar-refractivity contribution in [3.05, 3.63) is 34.9 Å². The van der Waals surface area contributed by atoms with Crippen LogP contribution in [0.1, 0.15) is 44.4 Å². The predicted octanol–water partition coefficient (Wildman–Crippen LogP) is 3.65. The molecule has 1 saturated heterocycles. The number of likely N-dealkylation sites (tertiary alicyclic amines) is 1. The molecule has 0 radical (unpaired) electrons. The highest BCUT2D eigenvalue weighted by atomic mass is 19.1. The van der Waals surface area contributed by atoms with Gasteiger partial charge in [0.1, 0.15) is 11.6 Å². The summed E-state index contributed by atoms with van der Waals surface area (Å²) in [6.45, 7) is 11.0. The van der Waals surface area contributed by atoms with Gasteiger partial charge in [-0.15, -0.1) is 0 Å². The highest BCUT2D eigenvalue weighted by molar-refractivity contribution is 5.27. The van der Waals surface area contributed by atoms with Gasteiger partial charge in [-0.25, -0.2) is 8.78 Å². The molecule has 2 nitrogen and oxygen atoms in total. The molecule has 1 aliphatic heterocycles. The van der Waals surface area contributed by atoms with E-state index < -0.39 is 0 Å². The van der Waals surface area contributed by atoms with Crippen LogP contribution in [0.2, 0.25) is 0 Å². The number of nitrogens with zero attached hydrogens (tertiary/aromatic N) is 1. The van der Waals surface area contributed by atoms with Gasteiger partial charge in [0.2, 0.25) is 0 Å². The van der Waals surface area contributed by atoms with Crippen molar-refractivity contribution in [2.24, 2.45) is 5.92 Å². The molecule has 1 aromatic rings. The molecule has 118 valence electrons. The Morgan fingerprint density at radius 3 is 2.57 bits per heavy atom. The average molecular weight is 296 g/mol. The van der Waals surface area contributed by atoms with Crippen LogP contribution in [0.15, 0.2) is 12.1 Å². The van der Waals surface area contributed by atoms with E-state index in [1.54, 1.807) is 6.92 Å². The van der Waals surface area contributed by atoms with Crippen LogP contribution in [0.3, 0.4) is 0 Å². The monoisotopic (exact) mass is 296 g/mol. The average Bonchev–Trinajstić information content (AvgIpc) is 2.89. The standard InChI is InChI=1S/C17H26F2N2/c1-11(2)21-6-5-14(10-21)9-20-13(4)15-8-16(18)12(3)7-17(15)19/h7-8,11,13-14,20H,5-6,9-10H2,1-4H3. The number of hydrogen-bond donors (Lipinski definition) is 1. The molecule has 0 amide bonds. The molecule has 1 heterocycles. The first-order valence-electron chi connectivity index (χ1n) is 7.81. The van der Waals surface area contributed by atoms with Crippen molar-refractivity contribution in [2.45, 2.75) is 46.2 Å². The van der Waals surface area contributed by atoms with Crippen molar-refractivity contribution < 1.29 is 8.78 Å². The summed E-state index contributed by atoms with van der Waals surface area (Å²) in [5.74, 6) is -0.0794. The molecule has 0 aromatic heterocycles. The molecule has 2 rings (SSSR count). The maximum Gasteiger partial charge on any atom is 0.128 e. The van der Waals surface area contributed by atoms with Crippen molar-refractivity contribution in [1.82, 2.24) is 10.2 Å². The van der Waals surface area contributed by atoms with Crippen molar-refractivity contribution in [3.63, 3.8) is 0 Å². The quantitative estimate of drug-likeness (QED) is 0.892. The Labute approximate surface area is 126 Å². The fourth-order valence-corrected chi connectivity index (χ4v) is 2.95. The van der Waals surface area contributed by atoms with Crippen molar-refractivity contribution in [3.8, 4) is 0 Å². The first kappa shape index (κ1) is 16.4. The summed E-state index contributed by atoms with van der Waals surface area (Å²) in [7, 11) is 0. The van der Waals surface area contributed by atoms with Gasteiger partial charge in [0, 0.05) is 24.2 Å². The second kappa shape index (κ2) is 6.84. The smallest absolute Gasteiger partial charge is 0.128 e. The van der Waals surface area contributed by atoms with E-state index in [0.717, 1.165) is 19.6 Å². The van der Waals surface area contributed by atoms with Gasteiger partial charge >= 0.3 is 0 Å². The van der Waals surface area contributed by atoms with Crippen LogP contribution in [0.25, 0.3) is 0 Å². The van der Waals surface area contributed by atoms with Gasteiger partial charge in [-0.3, -0.25) is 0 Å². The molecule has 0 bridgehead atoms. The highest BCUT2D eigenvalue weighted by Crippen LogP contribution is 2.22. The van der Waals surface area contributed by atoms with E-state index in [2.05, 4.69) is 24.1 Å². The molecule has 1 N–H and O–H groups in total. The first-order chi connectivity index (χ1) is 9.88. The summed E-state index contributed by atoms with van der Waals surface area (Å²) in [5.41, 5.74) is 0.767. The third-order valence-electron chi connectivity index (χ3n) is 4.50. The van der Waals surface area contributed by atoms with Gasteiger partial charge < -0.3 is 10.2 Å².